The van der Waals surface area contributed by atoms with Gasteiger partial charge in [-0.05, 0) is 30.7 Å². The normalized spacial score (nSPS) is 20.6. The second kappa shape index (κ2) is 5.52. The van der Waals surface area contributed by atoms with Gasteiger partial charge >= 0.3 is 0 Å². The first-order valence-electron chi connectivity index (χ1n) is 6.98. The summed E-state index contributed by atoms with van der Waals surface area (Å²) in [5.41, 5.74) is 8.92. The van der Waals surface area contributed by atoms with Crippen molar-refractivity contribution in [1.29, 1.82) is 0 Å². The molecule has 1 aliphatic heterocycles. The highest BCUT2D eigenvalue weighted by atomic mass is 19.1. The van der Waals surface area contributed by atoms with Gasteiger partial charge in [0.15, 0.2) is 0 Å². The van der Waals surface area contributed by atoms with Crippen LogP contribution in [0.3, 0.4) is 0 Å². The highest BCUT2D eigenvalue weighted by molar-refractivity contribution is 5.84. The van der Waals surface area contributed by atoms with E-state index in [-0.39, 0.29) is 11.9 Å². The number of rotatable bonds is 3. The summed E-state index contributed by atoms with van der Waals surface area (Å²) in [6.07, 6.45) is 0.117. The van der Waals surface area contributed by atoms with Crippen LogP contribution in [0, 0.1) is 12.7 Å². The number of morpholine rings is 1. The van der Waals surface area contributed by atoms with Crippen LogP contribution in [0.5, 0.6) is 0 Å². The lowest BCUT2D eigenvalue weighted by Gasteiger charge is -2.32. The van der Waals surface area contributed by atoms with Crippen molar-refractivity contribution in [3.8, 4) is 0 Å². The smallest absolute Gasteiger partial charge is 0.123 e. The summed E-state index contributed by atoms with van der Waals surface area (Å²) in [6, 6.07) is 4.87. The molecule has 108 valence electrons. The van der Waals surface area contributed by atoms with E-state index in [1.165, 1.54) is 6.07 Å². The third kappa shape index (κ3) is 2.57. The first-order chi connectivity index (χ1) is 9.67. The molecule has 0 spiro atoms. The van der Waals surface area contributed by atoms with Crippen LogP contribution in [0.4, 0.5) is 4.39 Å². The molecule has 0 amide bonds. The van der Waals surface area contributed by atoms with Crippen molar-refractivity contribution in [1.82, 2.24) is 9.88 Å². The molecule has 2 heterocycles. The summed E-state index contributed by atoms with van der Waals surface area (Å²) in [4.78, 5) is 5.72. The summed E-state index contributed by atoms with van der Waals surface area (Å²) >= 11 is 0. The Morgan fingerprint density at radius 1 is 1.50 bits per heavy atom. The van der Waals surface area contributed by atoms with Crippen molar-refractivity contribution in [2.45, 2.75) is 19.6 Å². The second-order valence-corrected chi connectivity index (χ2v) is 5.38. The SMILES string of the molecule is Cc1c(CN2CCOC(CN)C2)[nH]c2ccc(F)cc12. The molecule has 1 fully saturated rings. The fourth-order valence-electron chi connectivity index (χ4n) is 2.80. The molecule has 1 unspecified atom stereocenters. The molecular formula is C15H20FN3O. The Kier molecular flexibility index (Phi) is 3.74. The van der Waals surface area contributed by atoms with E-state index in [1.807, 2.05) is 6.92 Å². The van der Waals surface area contributed by atoms with Crippen LogP contribution in [-0.4, -0.2) is 42.2 Å². The molecule has 1 aromatic carbocycles. The van der Waals surface area contributed by atoms with Crippen LogP contribution in [0.15, 0.2) is 18.2 Å². The maximum atomic E-state index is 13.3. The Hall–Kier alpha value is -1.43. The van der Waals surface area contributed by atoms with E-state index >= 15 is 0 Å². The number of nitrogens with one attached hydrogen (secondary N) is 1. The number of ether oxygens (including phenoxy) is 1. The van der Waals surface area contributed by atoms with Gasteiger partial charge in [-0.1, -0.05) is 0 Å². The van der Waals surface area contributed by atoms with E-state index in [1.54, 1.807) is 12.1 Å². The number of nitrogens with zero attached hydrogens (tertiary/aromatic N) is 1. The van der Waals surface area contributed by atoms with Gasteiger partial charge in [0.2, 0.25) is 0 Å². The van der Waals surface area contributed by atoms with Crippen LogP contribution in [-0.2, 0) is 11.3 Å². The van der Waals surface area contributed by atoms with Crippen LogP contribution >= 0.6 is 0 Å². The Balaban J connectivity index is 1.82. The topological polar surface area (TPSA) is 54.3 Å². The lowest BCUT2D eigenvalue weighted by Crippen LogP contribution is -2.45. The molecule has 3 N–H and O–H groups in total. The molecule has 3 rings (SSSR count). The van der Waals surface area contributed by atoms with Crippen molar-refractivity contribution in [3.05, 3.63) is 35.3 Å². The van der Waals surface area contributed by atoms with E-state index < -0.39 is 0 Å². The number of H-pyrrole nitrogens is 1. The zero-order valence-electron chi connectivity index (χ0n) is 11.7. The second-order valence-electron chi connectivity index (χ2n) is 5.38. The minimum Gasteiger partial charge on any atom is -0.374 e. The Labute approximate surface area is 117 Å². The zero-order valence-corrected chi connectivity index (χ0v) is 11.7. The first-order valence-corrected chi connectivity index (χ1v) is 6.98. The molecule has 1 atom stereocenters. The van der Waals surface area contributed by atoms with Crippen molar-refractivity contribution in [2.24, 2.45) is 5.73 Å². The number of aromatic amines is 1. The number of benzene rings is 1. The van der Waals surface area contributed by atoms with Gasteiger partial charge in [-0.15, -0.1) is 0 Å². The zero-order chi connectivity index (χ0) is 14.1. The summed E-state index contributed by atoms with van der Waals surface area (Å²) in [5.74, 6) is -0.194. The predicted molar refractivity (Wildman–Crippen MR) is 77.1 cm³/mol. The average Bonchev–Trinajstić information content (AvgIpc) is 2.76. The van der Waals surface area contributed by atoms with E-state index in [9.17, 15) is 4.39 Å². The fraction of sp³-hybridized carbons (Fsp3) is 0.467. The highest BCUT2D eigenvalue weighted by Gasteiger charge is 2.20. The van der Waals surface area contributed by atoms with Gasteiger partial charge in [0.05, 0.1) is 12.7 Å². The summed E-state index contributed by atoms with van der Waals surface area (Å²) in [5, 5.41) is 0.962. The van der Waals surface area contributed by atoms with Crippen LogP contribution in [0.1, 0.15) is 11.3 Å². The monoisotopic (exact) mass is 277 g/mol. The van der Waals surface area contributed by atoms with Gasteiger partial charge in [-0.2, -0.15) is 0 Å². The predicted octanol–water partition coefficient (Wildman–Crippen LogP) is 1.77. The maximum Gasteiger partial charge on any atom is 0.123 e. The molecule has 2 aromatic rings. The largest absolute Gasteiger partial charge is 0.374 e. The van der Waals surface area contributed by atoms with E-state index in [0.29, 0.717) is 6.54 Å². The number of hydrogen-bond acceptors (Lipinski definition) is 3. The van der Waals surface area contributed by atoms with Crippen molar-refractivity contribution in [3.63, 3.8) is 0 Å². The number of nitrogens with two attached hydrogens (primary N) is 1. The standard InChI is InChI=1S/C15H20FN3O/c1-10-13-6-11(16)2-3-14(13)18-15(10)9-19-4-5-20-12(7-17)8-19/h2-3,6,12,18H,4-5,7-9,17H2,1H3. The summed E-state index contributed by atoms with van der Waals surface area (Å²) in [7, 11) is 0. The summed E-state index contributed by atoms with van der Waals surface area (Å²) in [6.45, 7) is 5.87. The molecule has 20 heavy (non-hydrogen) atoms. The number of hydrogen-bond donors (Lipinski definition) is 2. The minimum atomic E-state index is -0.194. The van der Waals surface area contributed by atoms with Gasteiger partial charge in [-0.3, -0.25) is 4.90 Å². The van der Waals surface area contributed by atoms with Gasteiger partial charge in [-0.25, -0.2) is 4.39 Å². The summed E-state index contributed by atoms with van der Waals surface area (Å²) < 4.78 is 18.9. The molecule has 0 radical (unpaired) electrons. The molecule has 1 aliphatic rings. The van der Waals surface area contributed by atoms with Crippen LogP contribution in [0.2, 0.25) is 0 Å². The maximum absolute atomic E-state index is 13.3. The van der Waals surface area contributed by atoms with Gasteiger partial charge < -0.3 is 15.5 Å². The third-order valence-electron chi connectivity index (χ3n) is 3.99. The molecule has 1 aromatic heterocycles. The average molecular weight is 277 g/mol. The molecule has 5 heteroatoms. The lowest BCUT2D eigenvalue weighted by atomic mass is 10.1. The Bertz CT molecular complexity index is 610. The van der Waals surface area contributed by atoms with E-state index in [4.69, 9.17) is 10.5 Å². The van der Waals surface area contributed by atoms with E-state index in [0.717, 1.165) is 48.4 Å². The highest BCUT2D eigenvalue weighted by Crippen LogP contribution is 2.24. The minimum absolute atomic E-state index is 0.117. The number of aromatic nitrogens is 1. The van der Waals surface area contributed by atoms with E-state index in [2.05, 4.69) is 9.88 Å². The fourth-order valence-corrected chi connectivity index (χ4v) is 2.80. The Morgan fingerprint density at radius 2 is 2.35 bits per heavy atom. The molecule has 0 bridgehead atoms. The van der Waals surface area contributed by atoms with Gasteiger partial charge in [0.1, 0.15) is 5.82 Å². The van der Waals surface area contributed by atoms with Crippen molar-refractivity contribution in [2.75, 3.05) is 26.2 Å². The first kappa shape index (κ1) is 13.5. The van der Waals surface area contributed by atoms with Gasteiger partial charge in [0.25, 0.3) is 0 Å². The molecular weight excluding hydrogens is 257 g/mol. The molecule has 4 nitrogen and oxygen atoms in total. The van der Waals surface area contributed by atoms with Crippen molar-refractivity contribution >= 4 is 10.9 Å². The molecule has 0 aliphatic carbocycles. The molecule has 0 saturated carbocycles. The third-order valence-corrected chi connectivity index (χ3v) is 3.99. The number of fused-ring (bicyclic) bond motifs is 1. The van der Waals surface area contributed by atoms with Crippen molar-refractivity contribution < 1.29 is 9.13 Å². The lowest BCUT2D eigenvalue weighted by molar-refractivity contribution is -0.0264. The Morgan fingerprint density at radius 3 is 3.15 bits per heavy atom. The van der Waals surface area contributed by atoms with Crippen LogP contribution in [0.25, 0.3) is 10.9 Å². The molecule has 1 saturated heterocycles. The number of aryl methyl sites for hydroxylation is 1. The quantitative estimate of drug-likeness (QED) is 0.899. The van der Waals surface area contributed by atoms with Gasteiger partial charge in [0, 0.05) is 42.8 Å². The van der Waals surface area contributed by atoms with Crippen LogP contribution < -0.4 is 5.73 Å². The number of halogens is 1.